The van der Waals surface area contributed by atoms with Crippen LogP contribution in [0.5, 0.6) is 0 Å². The van der Waals surface area contributed by atoms with Gasteiger partial charge in [-0.05, 0) is 50.3 Å². The zero-order chi connectivity index (χ0) is 14.8. The van der Waals surface area contributed by atoms with Crippen LogP contribution in [0.25, 0.3) is 0 Å². The number of aliphatic hydroxyl groups is 1. The van der Waals surface area contributed by atoms with E-state index in [4.69, 9.17) is 0 Å². The Morgan fingerprint density at radius 3 is 2.86 bits per heavy atom. The SMILES string of the molecule is CC(C)n1ccc(CC(O)C2CCCc3ccccc32)n1. The summed E-state index contributed by atoms with van der Waals surface area (Å²) >= 11 is 0. The number of aromatic nitrogens is 2. The minimum absolute atomic E-state index is 0.249. The fraction of sp³-hybridized carbons (Fsp3) is 0.500. The number of fused-ring (bicyclic) bond motifs is 1. The first-order chi connectivity index (χ1) is 10.1. The Kier molecular flexibility index (Phi) is 4.11. The highest BCUT2D eigenvalue weighted by Crippen LogP contribution is 2.34. The van der Waals surface area contributed by atoms with Crippen molar-refractivity contribution >= 4 is 0 Å². The molecule has 2 atom stereocenters. The fourth-order valence-corrected chi connectivity index (χ4v) is 3.32. The van der Waals surface area contributed by atoms with Crippen LogP contribution in [0.3, 0.4) is 0 Å². The van der Waals surface area contributed by atoms with Gasteiger partial charge in [-0.1, -0.05) is 24.3 Å². The molecule has 0 saturated carbocycles. The second-order valence-corrected chi connectivity index (χ2v) is 6.35. The van der Waals surface area contributed by atoms with Crippen LogP contribution in [0.4, 0.5) is 0 Å². The largest absolute Gasteiger partial charge is 0.392 e. The van der Waals surface area contributed by atoms with Gasteiger partial charge in [0.25, 0.3) is 0 Å². The summed E-state index contributed by atoms with van der Waals surface area (Å²) in [7, 11) is 0. The molecule has 0 spiro atoms. The first-order valence-electron chi connectivity index (χ1n) is 7.95. The average Bonchev–Trinajstić information content (AvgIpc) is 2.95. The van der Waals surface area contributed by atoms with Gasteiger partial charge in [0.1, 0.15) is 0 Å². The van der Waals surface area contributed by atoms with Gasteiger partial charge < -0.3 is 5.11 Å². The summed E-state index contributed by atoms with van der Waals surface area (Å²) < 4.78 is 1.96. The van der Waals surface area contributed by atoms with Gasteiger partial charge in [0.15, 0.2) is 0 Å². The molecule has 1 heterocycles. The van der Waals surface area contributed by atoms with E-state index in [2.05, 4.69) is 43.2 Å². The van der Waals surface area contributed by atoms with Crippen molar-refractivity contribution in [3.63, 3.8) is 0 Å². The molecular formula is C18H24N2O. The predicted octanol–water partition coefficient (Wildman–Crippen LogP) is 3.49. The molecule has 1 aromatic heterocycles. The topological polar surface area (TPSA) is 38.0 Å². The molecule has 2 aromatic rings. The monoisotopic (exact) mass is 284 g/mol. The molecule has 0 aliphatic heterocycles. The van der Waals surface area contributed by atoms with Crippen molar-refractivity contribution in [1.82, 2.24) is 9.78 Å². The molecule has 1 N–H and O–H groups in total. The van der Waals surface area contributed by atoms with Crippen molar-refractivity contribution in [3.8, 4) is 0 Å². The normalized spacial score (nSPS) is 19.5. The standard InChI is InChI=1S/C18H24N2O/c1-13(2)20-11-10-15(19-20)12-18(21)17-9-5-7-14-6-3-4-8-16(14)17/h3-4,6,8,10-11,13,17-18,21H,5,7,9,12H2,1-2H3. The Bertz CT molecular complexity index is 603. The molecule has 0 bridgehead atoms. The number of aryl methyl sites for hydroxylation is 1. The molecule has 3 rings (SSSR count). The molecule has 3 heteroatoms. The molecule has 1 aliphatic rings. The van der Waals surface area contributed by atoms with Gasteiger partial charge >= 0.3 is 0 Å². The van der Waals surface area contributed by atoms with Crippen LogP contribution in [0.15, 0.2) is 36.5 Å². The molecule has 21 heavy (non-hydrogen) atoms. The minimum atomic E-state index is -0.345. The maximum absolute atomic E-state index is 10.7. The van der Waals surface area contributed by atoms with Crippen molar-refractivity contribution in [2.45, 2.75) is 57.6 Å². The summed E-state index contributed by atoms with van der Waals surface area (Å²) in [5.74, 6) is 0.249. The van der Waals surface area contributed by atoms with E-state index in [9.17, 15) is 5.11 Å². The van der Waals surface area contributed by atoms with Gasteiger partial charge in [-0.2, -0.15) is 5.10 Å². The van der Waals surface area contributed by atoms with Crippen molar-refractivity contribution in [2.75, 3.05) is 0 Å². The van der Waals surface area contributed by atoms with Crippen LogP contribution < -0.4 is 0 Å². The molecule has 0 amide bonds. The van der Waals surface area contributed by atoms with Gasteiger partial charge in [-0.15, -0.1) is 0 Å². The number of nitrogens with zero attached hydrogens (tertiary/aromatic N) is 2. The Labute approximate surface area is 126 Å². The summed E-state index contributed by atoms with van der Waals surface area (Å²) in [6.45, 7) is 4.23. The number of rotatable bonds is 4. The lowest BCUT2D eigenvalue weighted by Crippen LogP contribution is -2.25. The number of benzene rings is 1. The minimum Gasteiger partial charge on any atom is -0.392 e. The Morgan fingerprint density at radius 1 is 1.29 bits per heavy atom. The molecule has 0 radical (unpaired) electrons. The number of hydrogen-bond acceptors (Lipinski definition) is 2. The molecule has 0 saturated heterocycles. The Hall–Kier alpha value is -1.61. The van der Waals surface area contributed by atoms with Gasteiger partial charge in [-0.25, -0.2) is 0 Å². The van der Waals surface area contributed by atoms with Crippen LogP contribution in [0, 0.1) is 0 Å². The highest BCUT2D eigenvalue weighted by Gasteiger charge is 2.26. The van der Waals surface area contributed by atoms with E-state index in [0.29, 0.717) is 12.5 Å². The maximum Gasteiger partial charge on any atom is 0.0664 e. The Morgan fingerprint density at radius 2 is 2.10 bits per heavy atom. The molecule has 0 fully saturated rings. The van der Waals surface area contributed by atoms with E-state index in [1.807, 2.05) is 16.9 Å². The second-order valence-electron chi connectivity index (χ2n) is 6.35. The summed E-state index contributed by atoms with van der Waals surface area (Å²) in [6.07, 6.45) is 5.67. The molecule has 1 aromatic carbocycles. The quantitative estimate of drug-likeness (QED) is 0.933. The smallest absolute Gasteiger partial charge is 0.0664 e. The second kappa shape index (κ2) is 6.02. The van der Waals surface area contributed by atoms with Crippen LogP contribution in [-0.2, 0) is 12.8 Å². The van der Waals surface area contributed by atoms with Crippen molar-refractivity contribution in [1.29, 1.82) is 0 Å². The first kappa shape index (κ1) is 14.3. The third kappa shape index (κ3) is 3.03. The number of aliphatic hydroxyl groups excluding tert-OH is 1. The van der Waals surface area contributed by atoms with Crippen LogP contribution in [0.1, 0.15) is 55.5 Å². The lowest BCUT2D eigenvalue weighted by atomic mass is 9.79. The lowest BCUT2D eigenvalue weighted by molar-refractivity contribution is 0.133. The van der Waals surface area contributed by atoms with Crippen molar-refractivity contribution in [2.24, 2.45) is 0 Å². The zero-order valence-corrected chi connectivity index (χ0v) is 12.9. The third-order valence-corrected chi connectivity index (χ3v) is 4.49. The highest BCUT2D eigenvalue weighted by atomic mass is 16.3. The van der Waals surface area contributed by atoms with Crippen molar-refractivity contribution < 1.29 is 5.11 Å². The van der Waals surface area contributed by atoms with Crippen LogP contribution in [0.2, 0.25) is 0 Å². The van der Waals surface area contributed by atoms with E-state index in [1.54, 1.807) is 0 Å². The van der Waals surface area contributed by atoms with E-state index in [0.717, 1.165) is 18.5 Å². The maximum atomic E-state index is 10.7. The predicted molar refractivity (Wildman–Crippen MR) is 84.4 cm³/mol. The number of hydrogen-bond donors (Lipinski definition) is 1. The zero-order valence-electron chi connectivity index (χ0n) is 12.9. The van der Waals surface area contributed by atoms with Gasteiger partial charge in [0, 0.05) is 24.6 Å². The lowest BCUT2D eigenvalue weighted by Gasteiger charge is -2.29. The summed E-state index contributed by atoms with van der Waals surface area (Å²) in [5.41, 5.74) is 3.72. The summed E-state index contributed by atoms with van der Waals surface area (Å²) in [6, 6.07) is 10.9. The molecular weight excluding hydrogens is 260 g/mol. The third-order valence-electron chi connectivity index (χ3n) is 4.49. The first-order valence-corrected chi connectivity index (χ1v) is 7.95. The van der Waals surface area contributed by atoms with E-state index < -0.39 is 0 Å². The fourth-order valence-electron chi connectivity index (χ4n) is 3.32. The average molecular weight is 284 g/mol. The Balaban J connectivity index is 1.75. The van der Waals surface area contributed by atoms with Crippen LogP contribution in [-0.4, -0.2) is 21.0 Å². The van der Waals surface area contributed by atoms with E-state index in [-0.39, 0.29) is 12.0 Å². The van der Waals surface area contributed by atoms with Gasteiger partial charge in [-0.3, -0.25) is 4.68 Å². The van der Waals surface area contributed by atoms with Gasteiger partial charge in [0.2, 0.25) is 0 Å². The molecule has 112 valence electrons. The molecule has 3 nitrogen and oxygen atoms in total. The highest BCUT2D eigenvalue weighted by molar-refractivity contribution is 5.33. The van der Waals surface area contributed by atoms with Crippen molar-refractivity contribution in [3.05, 3.63) is 53.3 Å². The van der Waals surface area contributed by atoms with E-state index >= 15 is 0 Å². The summed E-state index contributed by atoms with van der Waals surface area (Å²) in [5, 5.41) is 15.2. The summed E-state index contributed by atoms with van der Waals surface area (Å²) in [4.78, 5) is 0. The molecule has 2 unspecified atom stereocenters. The van der Waals surface area contributed by atoms with E-state index in [1.165, 1.54) is 17.5 Å². The van der Waals surface area contributed by atoms with Crippen LogP contribution >= 0.6 is 0 Å². The van der Waals surface area contributed by atoms with Gasteiger partial charge in [0.05, 0.1) is 11.8 Å². The molecule has 1 aliphatic carbocycles.